The van der Waals surface area contributed by atoms with Crippen LogP contribution in [0.3, 0.4) is 0 Å². The van der Waals surface area contributed by atoms with Gasteiger partial charge in [-0.2, -0.15) is 0 Å². The van der Waals surface area contributed by atoms with Gasteiger partial charge in [0.1, 0.15) is 6.04 Å². The van der Waals surface area contributed by atoms with Crippen LogP contribution in [0.1, 0.15) is 6.42 Å². The van der Waals surface area contributed by atoms with Crippen LogP contribution in [-0.4, -0.2) is 52.3 Å². The quantitative estimate of drug-likeness (QED) is 0.547. The van der Waals surface area contributed by atoms with Gasteiger partial charge in [-0.1, -0.05) is 6.08 Å². The number of likely N-dealkylation sites (tertiary alicyclic amines) is 1. The number of nitrogens with zero attached hydrogens (tertiary/aromatic N) is 1. The maximum atomic E-state index is 11.5. The van der Waals surface area contributed by atoms with Crippen LogP contribution in [0.4, 0.5) is 4.79 Å². The lowest BCUT2D eigenvalue weighted by molar-refractivity contribution is -0.141. The first-order chi connectivity index (χ1) is 7.06. The van der Waals surface area contributed by atoms with Crippen LogP contribution >= 0.6 is 0 Å². The van der Waals surface area contributed by atoms with Crippen molar-refractivity contribution in [1.29, 1.82) is 0 Å². The number of β-amino-alcohol motifs (C(OH)–C–C–N with tert-alkyl or cyclic N) is 1. The van der Waals surface area contributed by atoms with Gasteiger partial charge in [0.25, 0.3) is 0 Å². The molecule has 0 aliphatic carbocycles. The third-order valence-corrected chi connectivity index (χ3v) is 2.22. The van der Waals surface area contributed by atoms with E-state index in [2.05, 4.69) is 11.9 Å². The molecule has 1 saturated heterocycles. The Morgan fingerprint density at radius 1 is 1.60 bits per heavy atom. The van der Waals surface area contributed by atoms with Gasteiger partial charge in [-0.3, -0.25) is 0 Å². The average Bonchev–Trinajstić information content (AvgIpc) is 2.57. The van der Waals surface area contributed by atoms with E-state index in [4.69, 9.17) is 5.11 Å². The fraction of sp³-hybridized carbons (Fsp3) is 0.556. The van der Waals surface area contributed by atoms with Crippen molar-refractivity contribution in [1.82, 2.24) is 10.2 Å². The predicted octanol–water partition coefficient (Wildman–Crippen LogP) is -0.598. The number of urea groups is 1. The fourth-order valence-corrected chi connectivity index (χ4v) is 1.53. The first kappa shape index (κ1) is 11.5. The third-order valence-electron chi connectivity index (χ3n) is 2.22. The summed E-state index contributed by atoms with van der Waals surface area (Å²) in [5.74, 6) is -1.10. The van der Waals surface area contributed by atoms with Gasteiger partial charge in [-0.15, -0.1) is 6.58 Å². The summed E-state index contributed by atoms with van der Waals surface area (Å²) in [6, 6.07) is -1.43. The highest BCUT2D eigenvalue weighted by atomic mass is 16.4. The SMILES string of the molecule is C=CCNC(=O)N1C[C@@H](O)C[C@H]1C(=O)O. The molecule has 0 saturated carbocycles. The van der Waals surface area contributed by atoms with Gasteiger partial charge in [-0.25, -0.2) is 9.59 Å². The van der Waals surface area contributed by atoms with Crippen LogP contribution < -0.4 is 5.32 Å². The molecule has 6 heteroatoms. The fourth-order valence-electron chi connectivity index (χ4n) is 1.53. The molecule has 0 aromatic rings. The van der Waals surface area contributed by atoms with Crippen LogP contribution in [0.5, 0.6) is 0 Å². The van der Waals surface area contributed by atoms with Crippen LogP contribution in [0.25, 0.3) is 0 Å². The Morgan fingerprint density at radius 2 is 2.27 bits per heavy atom. The van der Waals surface area contributed by atoms with E-state index in [-0.39, 0.29) is 19.5 Å². The van der Waals surface area contributed by atoms with Gasteiger partial charge in [-0.05, 0) is 0 Å². The zero-order valence-electron chi connectivity index (χ0n) is 8.22. The molecule has 84 valence electrons. The Morgan fingerprint density at radius 3 is 2.80 bits per heavy atom. The molecule has 3 N–H and O–H groups in total. The van der Waals surface area contributed by atoms with E-state index in [0.29, 0.717) is 0 Å². The third kappa shape index (κ3) is 2.69. The molecule has 15 heavy (non-hydrogen) atoms. The van der Waals surface area contributed by atoms with E-state index in [1.165, 1.54) is 6.08 Å². The molecule has 1 aliphatic rings. The molecule has 0 bridgehead atoms. The first-order valence-electron chi connectivity index (χ1n) is 4.62. The second-order valence-corrected chi connectivity index (χ2v) is 3.37. The maximum absolute atomic E-state index is 11.5. The molecule has 0 unspecified atom stereocenters. The summed E-state index contributed by atoms with van der Waals surface area (Å²) >= 11 is 0. The van der Waals surface area contributed by atoms with Crippen molar-refractivity contribution in [3.05, 3.63) is 12.7 Å². The largest absolute Gasteiger partial charge is 0.480 e. The molecule has 0 spiro atoms. The normalized spacial score (nSPS) is 25.0. The zero-order valence-corrected chi connectivity index (χ0v) is 8.22. The predicted molar refractivity (Wildman–Crippen MR) is 52.3 cm³/mol. The standard InChI is InChI=1S/C9H14N2O4/c1-2-3-10-9(15)11-5-6(12)4-7(11)8(13)14/h2,6-7,12H,1,3-5H2,(H,10,15)(H,13,14)/t6-,7-/m0/s1. The summed E-state index contributed by atoms with van der Waals surface area (Å²) < 4.78 is 0. The highest BCUT2D eigenvalue weighted by Crippen LogP contribution is 2.17. The monoisotopic (exact) mass is 214 g/mol. The van der Waals surface area contributed by atoms with E-state index in [1.807, 2.05) is 0 Å². The van der Waals surface area contributed by atoms with Gasteiger partial charge < -0.3 is 20.4 Å². The van der Waals surface area contributed by atoms with Gasteiger partial charge in [0.2, 0.25) is 0 Å². The second-order valence-electron chi connectivity index (χ2n) is 3.37. The van der Waals surface area contributed by atoms with Gasteiger partial charge in [0.15, 0.2) is 0 Å². The second kappa shape index (κ2) is 4.79. The van der Waals surface area contributed by atoms with E-state index >= 15 is 0 Å². The molecule has 0 aromatic heterocycles. The van der Waals surface area contributed by atoms with E-state index in [0.717, 1.165) is 4.90 Å². The Labute approximate surface area is 87.2 Å². The minimum atomic E-state index is -1.10. The van der Waals surface area contributed by atoms with Crippen molar-refractivity contribution in [3.63, 3.8) is 0 Å². The lowest BCUT2D eigenvalue weighted by Crippen LogP contribution is -2.46. The Bertz CT molecular complexity index is 279. The average molecular weight is 214 g/mol. The molecular formula is C9H14N2O4. The number of carboxylic acid groups (broad SMARTS) is 1. The smallest absolute Gasteiger partial charge is 0.326 e. The van der Waals surface area contributed by atoms with Crippen molar-refractivity contribution in [2.45, 2.75) is 18.6 Å². The number of amides is 2. The lowest BCUT2D eigenvalue weighted by Gasteiger charge is -2.20. The molecule has 1 heterocycles. The van der Waals surface area contributed by atoms with E-state index in [9.17, 15) is 14.7 Å². The van der Waals surface area contributed by atoms with Crippen LogP contribution in [-0.2, 0) is 4.79 Å². The van der Waals surface area contributed by atoms with Gasteiger partial charge in [0.05, 0.1) is 6.10 Å². The van der Waals surface area contributed by atoms with Gasteiger partial charge >= 0.3 is 12.0 Å². The number of hydrogen-bond donors (Lipinski definition) is 3. The number of rotatable bonds is 3. The summed E-state index contributed by atoms with van der Waals surface area (Å²) in [6.45, 7) is 3.76. The number of aliphatic hydroxyl groups is 1. The van der Waals surface area contributed by atoms with Crippen LogP contribution in [0, 0.1) is 0 Å². The highest BCUT2D eigenvalue weighted by molar-refractivity contribution is 5.83. The molecule has 6 nitrogen and oxygen atoms in total. The minimum Gasteiger partial charge on any atom is -0.480 e. The molecule has 2 atom stereocenters. The number of hydrogen-bond acceptors (Lipinski definition) is 3. The van der Waals surface area contributed by atoms with Crippen LogP contribution in [0.2, 0.25) is 0 Å². The van der Waals surface area contributed by atoms with Crippen molar-refractivity contribution in [2.24, 2.45) is 0 Å². The number of carbonyl (C=O) groups is 2. The summed E-state index contributed by atoms with van der Waals surface area (Å²) in [6.07, 6.45) is 0.817. The zero-order chi connectivity index (χ0) is 11.4. The molecule has 1 rings (SSSR count). The van der Waals surface area contributed by atoms with Crippen molar-refractivity contribution in [2.75, 3.05) is 13.1 Å². The number of carbonyl (C=O) groups excluding carboxylic acids is 1. The highest BCUT2D eigenvalue weighted by Gasteiger charge is 2.38. The van der Waals surface area contributed by atoms with Crippen molar-refractivity contribution < 1.29 is 19.8 Å². The lowest BCUT2D eigenvalue weighted by atomic mass is 10.2. The van der Waals surface area contributed by atoms with Crippen molar-refractivity contribution in [3.8, 4) is 0 Å². The van der Waals surface area contributed by atoms with E-state index < -0.39 is 24.1 Å². The number of nitrogens with one attached hydrogen (secondary N) is 1. The van der Waals surface area contributed by atoms with Gasteiger partial charge in [0, 0.05) is 19.5 Å². The molecule has 0 radical (unpaired) electrons. The van der Waals surface area contributed by atoms with Crippen LogP contribution in [0.15, 0.2) is 12.7 Å². The summed E-state index contributed by atoms with van der Waals surface area (Å²) in [4.78, 5) is 23.4. The molecule has 0 aromatic carbocycles. The molecule has 2 amide bonds. The number of aliphatic carboxylic acids is 1. The summed E-state index contributed by atoms with van der Waals surface area (Å²) in [7, 11) is 0. The first-order valence-corrected chi connectivity index (χ1v) is 4.62. The van der Waals surface area contributed by atoms with E-state index in [1.54, 1.807) is 0 Å². The Balaban J connectivity index is 2.62. The number of aliphatic hydroxyl groups excluding tert-OH is 1. The summed E-state index contributed by atoms with van der Waals surface area (Å²) in [5.41, 5.74) is 0. The maximum Gasteiger partial charge on any atom is 0.326 e. The molecular weight excluding hydrogens is 200 g/mol. The molecule has 1 fully saturated rings. The minimum absolute atomic E-state index is 0.0555. The topological polar surface area (TPSA) is 89.9 Å². The Hall–Kier alpha value is -1.56. The number of carboxylic acids is 1. The van der Waals surface area contributed by atoms with Crippen molar-refractivity contribution >= 4 is 12.0 Å². The molecule has 1 aliphatic heterocycles. The summed E-state index contributed by atoms with van der Waals surface area (Å²) in [5, 5.41) is 20.6. The Kier molecular flexibility index (Phi) is 3.68.